The number of fused-ring (bicyclic) bond motifs is 1. The van der Waals surface area contributed by atoms with E-state index >= 15 is 0 Å². The maximum Gasteiger partial charge on any atom is 0.325 e. The molecule has 10 heteroatoms. The van der Waals surface area contributed by atoms with Crippen LogP contribution in [0.5, 0.6) is 17.2 Å². The van der Waals surface area contributed by atoms with E-state index in [1.165, 1.54) is 23.5 Å². The molecule has 0 aliphatic heterocycles. The summed E-state index contributed by atoms with van der Waals surface area (Å²) in [6.45, 7) is 0.304. The van der Waals surface area contributed by atoms with Crippen molar-refractivity contribution in [1.29, 1.82) is 5.26 Å². The number of aromatic nitrogens is 2. The number of thiazole rings is 1. The molecule has 0 aliphatic carbocycles. The molecule has 0 saturated carbocycles. The predicted octanol–water partition coefficient (Wildman–Crippen LogP) is 6.72. The third kappa shape index (κ3) is 5.63. The highest BCUT2D eigenvalue weighted by Crippen LogP contribution is 2.34. The number of hydrogen-bond donors (Lipinski definition) is 2. The highest BCUT2D eigenvalue weighted by Gasteiger charge is 2.14. The van der Waals surface area contributed by atoms with Gasteiger partial charge in [0.1, 0.15) is 35.7 Å². The van der Waals surface area contributed by atoms with Crippen LogP contribution < -0.4 is 20.1 Å². The summed E-state index contributed by atoms with van der Waals surface area (Å²) in [7, 11) is 0. The Bertz CT molecular complexity index is 1600. The number of anilines is 2. The number of nitrogens with zero attached hydrogens (tertiary/aromatic N) is 3. The summed E-state index contributed by atoms with van der Waals surface area (Å²) in [5, 5.41) is 17.3. The van der Waals surface area contributed by atoms with E-state index in [9.17, 15) is 14.4 Å². The van der Waals surface area contributed by atoms with Crippen LogP contribution in [0, 0.1) is 17.1 Å². The lowest BCUT2D eigenvalue weighted by Crippen LogP contribution is -2.19. The maximum absolute atomic E-state index is 14.7. The van der Waals surface area contributed by atoms with E-state index in [2.05, 4.69) is 26.7 Å². The molecule has 0 unspecified atom stereocenters. The normalized spacial score (nSPS) is 10.5. The van der Waals surface area contributed by atoms with Crippen molar-refractivity contribution < 1.29 is 18.7 Å². The van der Waals surface area contributed by atoms with Gasteiger partial charge in [-0.1, -0.05) is 30.3 Å². The van der Waals surface area contributed by atoms with E-state index < -0.39 is 11.8 Å². The van der Waals surface area contributed by atoms with Crippen LogP contribution in [0.1, 0.15) is 11.1 Å². The van der Waals surface area contributed by atoms with Crippen molar-refractivity contribution in [2.45, 2.75) is 6.61 Å². The SMILES string of the molecule is N#Cc1cc2c(Oc3ccc(NC(=O)Nc4nccs4)c(F)c3)ccnc2cc1OCc1ccccc1. The molecule has 0 radical (unpaired) electrons. The fourth-order valence-corrected chi connectivity index (χ4v) is 4.03. The lowest BCUT2D eigenvalue weighted by molar-refractivity contribution is 0.262. The number of benzene rings is 3. The zero-order chi connectivity index (χ0) is 25.6. The molecular weight excluding hydrogens is 493 g/mol. The van der Waals surface area contributed by atoms with Gasteiger partial charge in [-0.25, -0.2) is 14.2 Å². The molecule has 0 fully saturated rings. The standard InChI is InChI=1S/C27H18FN5O3S/c28-21-13-19(6-7-22(21)32-26(34)33-27-31-10-11-37-27)36-24-8-9-30-23-14-25(18(15-29)12-20(23)24)35-16-17-4-2-1-3-5-17/h1-14H,16H2,(H2,31,32,33,34). The number of pyridine rings is 1. The van der Waals surface area contributed by atoms with Crippen LogP contribution in [-0.2, 0) is 6.61 Å². The van der Waals surface area contributed by atoms with Crippen LogP contribution in [0.4, 0.5) is 20.0 Å². The quantitative estimate of drug-likeness (QED) is 0.251. The molecule has 5 rings (SSSR count). The average molecular weight is 512 g/mol. The van der Waals surface area contributed by atoms with Gasteiger partial charge in [0.2, 0.25) is 0 Å². The predicted molar refractivity (Wildman–Crippen MR) is 138 cm³/mol. The van der Waals surface area contributed by atoms with Gasteiger partial charge in [-0.15, -0.1) is 11.3 Å². The van der Waals surface area contributed by atoms with Gasteiger partial charge in [-0.05, 0) is 29.8 Å². The first kappa shape index (κ1) is 23.7. The van der Waals surface area contributed by atoms with Gasteiger partial charge in [0.05, 0.1) is 16.8 Å². The van der Waals surface area contributed by atoms with Gasteiger partial charge in [0.15, 0.2) is 5.13 Å². The summed E-state index contributed by atoms with van der Waals surface area (Å²) >= 11 is 1.25. The van der Waals surface area contributed by atoms with Crippen molar-refractivity contribution in [2.24, 2.45) is 0 Å². The molecule has 37 heavy (non-hydrogen) atoms. The summed E-state index contributed by atoms with van der Waals surface area (Å²) in [6.07, 6.45) is 3.11. The molecule has 182 valence electrons. The second-order valence-electron chi connectivity index (χ2n) is 7.72. The molecular formula is C27H18FN5O3S. The van der Waals surface area contributed by atoms with Gasteiger partial charge in [0, 0.05) is 35.3 Å². The molecule has 3 aromatic carbocycles. The number of carbonyl (C=O) groups is 1. The van der Waals surface area contributed by atoms with Crippen LogP contribution in [0.15, 0.2) is 84.5 Å². The number of urea groups is 1. The van der Waals surface area contributed by atoms with Crippen LogP contribution >= 0.6 is 11.3 Å². The van der Waals surface area contributed by atoms with Gasteiger partial charge in [-0.2, -0.15) is 5.26 Å². The summed E-state index contributed by atoms with van der Waals surface area (Å²) in [5.41, 5.74) is 1.82. The number of nitriles is 1. The summed E-state index contributed by atoms with van der Waals surface area (Å²) in [6, 6.07) is 20.2. The van der Waals surface area contributed by atoms with Crippen LogP contribution in [0.3, 0.4) is 0 Å². The largest absolute Gasteiger partial charge is 0.487 e. The first-order valence-corrected chi connectivity index (χ1v) is 11.9. The van der Waals surface area contributed by atoms with Gasteiger partial charge in [0.25, 0.3) is 0 Å². The molecule has 0 bridgehead atoms. The Labute approximate surface area is 215 Å². The number of amides is 2. The number of halogens is 1. The first-order chi connectivity index (χ1) is 18.1. The van der Waals surface area contributed by atoms with Crippen LogP contribution in [0.25, 0.3) is 10.9 Å². The number of ether oxygens (including phenoxy) is 2. The molecule has 0 saturated heterocycles. The molecule has 2 amide bonds. The topological polar surface area (TPSA) is 109 Å². The lowest BCUT2D eigenvalue weighted by Gasteiger charge is -2.13. The van der Waals surface area contributed by atoms with Crippen molar-refractivity contribution in [3.8, 4) is 23.3 Å². The Morgan fingerprint density at radius 2 is 1.86 bits per heavy atom. The lowest BCUT2D eigenvalue weighted by atomic mass is 10.1. The molecule has 2 N–H and O–H groups in total. The summed E-state index contributed by atoms with van der Waals surface area (Å²) in [5.74, 6) is 0.317. The number of rotatable bonds is 7. The molecule has 0 aliphatic rings. The van der Waals surface area contributed by atoms with Crippen molar-refractivity contribution in [3.05, 3.63) is 101 Å². The van der Waals surface area contributed by atoms with E-state index in [0.717, 1.165) is 11.6 Å². The molecule has 2 aromatic heterocycles. The fraction of sp³-hybridized carbons (Fsp3) is 0.0370. The minimum atomic E-state index is -0.681. The Hall–Kier alpha value is -5.01. The summed E-state index contributed by atoms with van der Waals surface area (Å²) < 4.78 is 26.5. The van der Waals surface area contributed by atoms with Crippen molar-refractivity contribution in [2.75, 3.05) is 10.6 Å². The second kappa shape index (κ2) is 10.7. The van der Waals surface area contributed by atoms with E-state index in [0.29, 0.717) is 39.7 Å². The minimum absolute atomic E-state index is 0.0204. The van der Waals surface area contributed by atoms with Crippen LogP contribution in [-0.4, -0.2) is 16.0 Å². The first-order valence-electron chi connectivity index (χ1n) is 11.0. The van der Waals surface area contributed by atoms with Gasteiger partial charge < -0.3 is 14.8 Å². The zero-order valence-corrected chi connectivity index (χ0v) is 20.0. The van der Waals surface area contributed by atoms with Gasteiger partial charge >= 0.3 is 6.03 Å². The Morgan fingerprint density at radius 1 is 1.00 bits per heavy atom. The highest BCUT2D eigenvalue weighted by atomic mass is 32.1. The third-order valence-electron chi connectivity index (χ3n) is 5.23. The smallest absolute Gasteiger partial charge is 0.325 e. The monoisotopic (exact) mass is 511 g/mol. The third-order valence-corrected chi connectivity index (χ3v) is 5.92. The molecule has 0 atom stereocenters. The minimum Gasteiger partial charge on any atom is -0.487 e. The van der Waals surface area contributed by atoms with Crippen molar-refractivity contribution >= 4 is 39.1 Å². The van der Waals surface area contributed by atoms with E-state index in [1.54, 1.807) is 36.0 Å². The summed E-state index contributed by atoms with van der Waals surface area (Å²) in [4.78, 5) is 20.4. The average Bonchev–Trinajstić information content (AvgIpc) is 3.42. The highest BCUT2D eigenvalue weighted by molar-refractivity contribution is 7.13. The Morgan fingerprint density at radius 3 is 2.62 bits per heavy atom. The zero-order valence-electron chi connectivity index (χ0n) is 19.1. The van der Waals surface area contributed by atoms with E-state index in [4.69, 9.17) is 9.47 Å². The number of nitrogens with one attached hydrogen (secondary N) is 2. The Balaban J connectivity index is 1.34. The Kier molecular flexibility index (Phi) is 6.87. The van der Waals surface area contributed by atoms with Crippen molar-refractivity contribution in [1.82, 2.24) is 9.97 Å². The van der Waals surface area contributed by atoms with E-state index in [1.807, 2.05) is 30.3 Å². The molecule has 5 aromatic rings. The van der Waals surface area contributed by atoms with Gasteiger partial charge in [-0.3, -0.25) is 10.3 Å². The second-order valence-corrected chi connectivity index (χ2v) is 8.62. The fourth-order valence-electron chi connectivity index (χ4n) is 3.50. The van der Waals surface area contributed by atoms with Crippen LogP contribution in [0.2, 0.25) is 0 Å². The molecule has 0 spiro atoms. The number of carbonyl (C=O) groups excluding carboxylic acids is 1. The molecule has 2 heterocycles. The number of hydrogen-bond acceptors (Lipinski definition) is 7. The van der Waals surface area contributed by atoms with E-state index in [-0.39, 0.29) is 11.4 Å². The maximum atomic E-state index is 14.7. The molecule has 8 nitrogen and oxygen atoms in total. The van der Waals surface area contributed by atoms with Crippen molar-refractivity contribution in [3.63, 3.8) is 0 Å².